The highest BCUT2D eigenvalue weighted by Gasteiger charge is 2.13. The molecule has 1 N–H and O–H groups in total. The molecule has 0 aliphatic rings. The number of hydrogen-bond acceptors (Lipinski definition) is 2. The first-order valence-electron chi connectivity index (χ1n) is 7.36. The van der Waals surface area contributed by atoms with E-state index in [0.717, 1.165) is 18.5 Å². The molecule has 20 heavy (non-hydrogen) atoms. The van der Waals surface area contributed by atoms with Crippen molar-refractivity contribution >= 4 is 0 Å². The van der Waals surface area contributed by atoms with E-state index in [2.05, 4.69) is 67.7 Å². The molecule has 0 saturated heterocycles. The van der Waals surface area contributed by atoms with E-state index in [1.165, 1.54) is 11.1 Å². The van der Waals surface area contributed by atoms with Crippen molar-refractivity contribution in [3.8, 4) is 0 Å². The van der Waals surface area contributed by atoms with Gasteiger partial charge in [-0.1, -0.05) is 30.3 Å². The molecule has 1 aromatic heterocycles. The van der Waals surface area contributed by atoms with Gasteiger partial charge in [-0.3, -0.25) is 4.68 Å². The van der Waals surface area contributed by atoms with E-state index in [0.29, 0.717) is 12.1 Å². The van der Waals surface area contributed by atoms with Crippen molar-refractivity contribution in [1.29, 1.82) is 0 Å². The standard InChI is InChI=1S/C17H25N3/c1-13(10-11-16-8-6-5-7-9-16)18-14(2)17-12-20(4)19-15(17)3/h5-9,12-14,18H,10-11H2,1-4H3. The third-order valence-electron chi connectivity index (χ3n) is 3.76. The largest absolute Gasteiger partial charge is 0.308 e. The van der Waals surface area contributed by atoms with Crippen molar-refractivity contribution in [1.82, 2.24) is 15.1 Å². The van der Waals surface area contributed by atoms with Gasteiger partial charge >= 0.3 is 0 Å². The van der Waals surface area contributed by atoms with E-state index in [1.54, 1.807) is 0 Å². The molecule has 0 aliphatic heterocycles. The fourth-order valence-electron chi connectivity index (χ4n) is 2.67. The molecule has 1 aromatic carbocycles. The molecule has 3 nitrogen and oxygen atoms in total. The van der Waals surface area contributed by atoms with E-state index in [9.17, 15) is 0 Å². The molecule has 2 aromatic rings. The van der Waals surface area contributed by atoms with Crippen LogP contribution in [0.5, 0.6) is 0 Å². The zero-order valence-corrected chi connectivity index (χ0v) is 12.9. The first-order valence-corrected chi connectivity index (χ1v) is 7.36. The van der Waals surface area contributed by atoms with E-state index in [1.807, 2.05) is 11.7 Å². The molecular formula is C17H25N3. The van der Waals surface area contributed by atoms with Gasteiger partial charge in [0.25, 0.3) is 0 Å². The highest BCUT2D eigenvalue weighted by molar-refractivity contribution is 5.19. The summed E-state index contributed by atoms with van der Waals surface area (Å²) in [6.07, 6.45) is 4.37. The van der Waals surface area contributed by atoms with Crippen molar-refractivity contribution in [2.24, 2.45) is 7.05 Å². The monoisotopic (exact) mass is 271 g/mol. The van der Waals surface area contributed by atoms with Gasteiger partial charge in [0.15, 0.2) is 0 Å². The van der Waals surface area contributed by atoms with Crippen LogP contribution >= 0.6 is 0 Å². The molecule has 0 amide bonds. The highest BCUT2D eigenvalue weighted by Crippen LogP contribution is 2.17. The fourth-order valence-corrected chi connectivity index (χ4v) is 2.67. The molecule has 0 aliphatic carbocycles. The van der Waals surface area contributed by atoms with Gasteiger partial charge in [-0.25, -0.2) is 0 Å². The summed E-state index contributed by atoms with van der Waals surface area (Å²) in [5.41, 5.74) is 3.81. The molecule has 0 saturated carbocycles. The van der Waals surface area contributed by atoms with Crippen molar-refractivity contribution in [3.63, 3.8) is 0 Å². The maximum atomic E-state index is 4.41. The SMILES string of the molecule is Cc1nn(C)cc1C(C)NC(C)CCc1ccccc1. The first-order chi connectivity index (χ1) is 9.56. The Balaban J connectivity index is 1.85. The zero-order valence-electron chi connectivity index (χ0n) is 12.9. The normalized spacial score (nSPS) is 14.2. The number of rotatable bonds is 6. The zero-order chi connectivity index (χ0) is 14.5. The quantitative estimate of drug-likeness (QED) is 0.872. The second-order valence-corrected chi connectivity index (χ2v) is 5.66. The van der Waals surface area contributed by atoms with Crippen LogP contribution in [0.25, 0.3) is 0 Å². The van der Waals surface area contributed by atoms with Gasteiger partial charge in [-0.05, 0) is 39.2 Å². The number of aryl methyl sites for hydroxylation is 3. The van der Waals surface area contributed by atoms with Crippen LogP contribution in [0.4, 0.5) is 0 Å². The summed E-state index contributed by atoms with van der Waals surface area (Å²) in [5.74, 6) is 0. The van der Waals surface area contributed by atoms with Crippen LogP contribution in [0.2, 0.25) is 0 Å². The van der Waals surface area contributed by atoms with Crippen molar-refractivity contribution in [2.45, 2.75) is 45.7 Å². The highest BCUT2D eigenvalue weighted by atomic mass is 15.3. The Hall–Kier alpha value is -1.61. The van der Waals surface area contributed by atoms with Crippen LogP contribution in [0.15, 0.2) is 36.5 Å². The molecule has 0 radical (unpaired) electrons. The topological polar surface area (TPSA) is 29.9 Å². The fraction of sp³-hybridized carbons (Fsp3) is 0.471. The lowest BCUT2D eigenvalue weighted by Crippen LogP contribution is -2.29. The predicted octanol–water partition coefficient (Wildman–Crippen LogP) is 3.40. The molecule has 2 atom stereocenters. The number of benzene rings is 1. The number of nitrogens with zero attached hydrogens (tertiary/aromatic N) is 2. The van der Waals surface area contributed by atoms with Gasteiger partial charge in [-0.2, -0.15) is 5.10 Å². The van der Waals surface area contributed by atoms with Gasteiger partial charge in [0.2, 0.25) is 0 Å². The predicted molar refractivity (Wildman–Crippen MR) is 83.7 cm³/mol. The Morgan fingerprint density at radius 1 is 1.20 bits per heavy atom. The van der Waals surface area contributed by atoms with Crippen LogP contribution in [0.1, 0.15) is 43.1 Å². The van der Waals surface area contributed by atoms with Gasteiger partial charge in [0.05, 0.1) is 5.69 Å². The summed E-state index contributed by atoms with van der Waals surface area (Å²) < 4.78 is 1.89. The minimum absolute atomic E-state index is 0.342. The first kappa shape index (κ1) is 14.8. The summed E-state index contributed by atoms with van der Waals surface area (Å²) in [5, 5.41) is 8.08. The van der Waals surface area contributed by atoms with Crippen molar-refractivity contribution in [3.05, 3.63) is 53.3 Å². The smallest absolute Gasteiger partial charge is 0.0641 e. The molecule has 1 heterocycles. The number of aromatic nitrogens is 2. The Bertz CT molecular complexity index is 530. The van der Waals surface area contributed by atoms with Crippen LogP contribution < -0.4 is 5.32 Å². The van der Waals surface area contributed by atoms with Crippen LogP contribution in [0, 0.1) is 6.92 Å². The lowest BCUT2D eigenvalue weighted by Gasteiger charge is -2.19. The maximum absolute atomic E-state index is 4.41. The third-order valence-corrected chi connectivity index (χ3v) is 3.76. The Morgan fingerprint density at radius 3 is 2.50 bits per heavy atom. The van der Waals surface area contributed by atoms with Crippen LogP contribution in [0.3, 0.4) is 0 Å². The molecule has 108 valence electrons. The van der Waals surface area contributed by atoms with Crippen LogP contribution in [-0.4, -0.2) is 15.8 Å². The molecule has 0 spiro atoms. The maximum Gasteiger partial charge on any atom is 0.0641 e. The number of hydrogen-bond donors (Lipinski definition) is 1. The molecule has 0 fully saturated rings. The van der Waals surface area contributed by atoms with Crippen molar-refractivity contribution in [2.75, 3.05) is 0 Å². The average Bonchev–Trinajstić information content (AvgIpc) is 2.77. The molecule has 0 bridgehead atoms. The molecular weight excluding hydrogens is 246 g/mol. The van der Waals surface area contributed by atoms with E-state index < -0.39 is 0 Å². The average molecular weight is 271 g/mol. The van der Waals surface area contributed by atoms with Gasteiger partial charge in [0.1, 0.15) is 0 Å². The van der Waals surface area contributed by atoms with Gasteiger partial charge in [-0.15, -0.1) is 0 Å². The Labute approximate surface area is 122 Å². The number of nitrogens with one attached hydrogen (secondary N) is 1. The van der Waals surface area contributed by atoms with E-state index in [-0.39, 0.29) is 0 Å². The molecule has 2 rings (SSSR count). The van der Waals surface area contributed by atoms with Crippen molar-refractivity contribution < 1.29 is 0 Å². The summed E-state index contributed by atoms with van der Waals surface area (Å²) in [6.45, 7) is 6.54. The molecule has 3 heteroatoms. The molecule has 2 unspecified atom stereocenters. The summed E-state index contributed by atoms with van der Waals surface area (Å²) >= 11 is 0. The van der Waals surface area contributed by atoms with E-state index >= 15 is 0 Å². The summed E-state index contributed by atoms with van der Waals surface area (Å²) in [7, 11) is 1.97. The second kappa shape index (κ2) is 6.71. The second-order valence-electron chi connectivity index (χ2n) is 5.66. The third kappa shape index (κ3) is 3.94. The van der Waals surface area contributed by atoms with Gasteiger partial charge < -0.3 is 5.32 Å². The van der Waals surface area contributed by atoms with Crippen LogP contribution in [-0.2, 0) is 13.5 Å². The minimum Gasteiger partial charge on any atom is -0.308 e. The lowest BCUT2D eigenvalue weighted by molar-refractivity contribution is 0.455. The summed E-state index contributed by atoms with van der Waals surface area (Å²) in [6, 6.07) is 11.5. The van der Waals surface area contributed by atoms with E-state index in [4.69, 9.17) is 0 Å². The summed E-state index contributed by atoms with van der Waals surface area (Å²) in [4.78, 5) is 0. The minimum atomic E-state index is 0.342. The lowest BCUT2D eigenvalue weighted by atomic mass is 10.0. The Morgan fingerprint density at radius 2 is 1.90 bits per heavy atom. The van der Waals surface area contributed by atoms with Gasteiger partial charge in [0, 0.05) is 30.9 Å². The Kier molecular flexibility index (Phi) is 4.96.